The third-order valence-corrected chi connectivity index (χ3v) is 8.30. The molecule has 0 aromatic carbocycles. The van der Waals surface area contributed by atoms with Crippen molar-refractivity contribution in [2.45, 2.75) is 96.2 Å². The molecule has 1 atom stereocenters. The molecule has 2 amide bonds. The fraction of sp³-hybridized carbons (Fsp3) is 0.773. The predicted octanol–water partition coefficient (Wildman–Crippen LogP) is 1.87. The summed E-state index contributed by atoms with van der Waals surface area (Å²) in [5.74, 6) is -0.610. The zero-order valence-electron chi connectivity index (χ0n) is 19.9. The second-order valence-corrected chi connectivity index (χ2v) is 12.0. The van der Waals surface area contributed by atoms with Crippen LogP contribution in [0.2, 0.25) is 0 Å². The van der Waals surface area contributed by atoms with Gasteiger partial charge >= 0.3 is 0 Å². The summed E-state index contributed by atoms with van der Waals surface area (Å²) in [5.41, 5.74) is 0.414. The number of aromatic nitrogens is 2. The topological polar surface area (TPSA) is 113 Å². The van der Waals surface area contributed by atoms with E-state index in [0.717, 1.165) is 25.7 Å². The van der Waals surface area contributed by atoms with Gasteiger partial charge in [-0.25, -0.2) is 8.42 Å². The van der Waals surface area contributed by atoms with Gasteiger partial charge in [-0.1, -0.05) is 12.8 Å². The molecule has 1 saturated heterocycles. The van der Waals surface area contributed by atoms with Crippen molar-refractivity contribution in [2.24, 2.45) is 5.92 Å². The van der Waals surface area contributed by atoms with E-state index in [1.807, 2.05) is 20.8 Å². The molecule has 1 aromatic rings. The summed E-state index contributed by atoms with van der Waals surface area (Å²) in [6.45, 7) is 9.48. The second kappa shape index (κ2) is 9.51. The molecule has 9 nitrogen and oxygen atoms in total. The van der Waals surface area contributed by atoms with E-state index in [1.165, 1.54) is 8.99 Å². The van der Waals surface area contributed by atoms with Gasteiger partial charge in [0.1, 0.15) is 11.4 Å². The quantitative estimate of drug-likeness (QED) is 0.663. The van der Waals surface area contributed by atoms with Gasteiger partial charge in [0, 0.05) is 24.7 Å². The number of aryl methyl sites for hydroxylation is 1. The van der Waals surface area contributed by atoms with E-state index in [2.05, 4.69) is 15.7 Å². The number of carbonyl (C=O) groups excluding carboxylic acids is 2. The van der Waals surface area contributed by atoms with Crippen LogP contribution in [0, 0.1) is 19.8 Å². The van der Waals surface area contributed by atoms with E-state index in [9.17, 15) is 18.0 Å². The Labute approximate surface area is 191 Å². The summed E-state index contributed by atoms with van der Waals surface area (Å²) in [6.07, 6.45) is 5.59. The highest BCUT2D eigenvalue weighted by molar-refractivity contribution is 7.89. The van der Waals surface area contributed by atoms with Gasteiger partial charge in [0.05, 0.1) is 17.3 Å². The molecule has 2 aliphatic rings. The summed E-state index contributed by atoms with van der Waals surface area (Å²) >= 11 is 0. The molecular formula is C22H37N5O4S. The van der Waals surface area contributed by atoms with Crippen molar-refractivity contribution in [1.29, 1.82) is 0 Å². The Hall–Kier alpha value is -1.94. The van der Waals surface area contributed by atoms with Crippen LogP contribution >= 0.6 is 0 Å². The third-order valence-electron chi connectivity index (χ3n) is 6.18. The maximum atomic E-state index is 13.5. The van der Waals surface area contributed by atoms with E-state index in [0.29, 0.717) is 30.8 Å². The van der Waals surface area contributed by atoms with Crippen molar-refractivity contribution < 1.29 is 18.0 Å². The first-order chi connectivity index (χ1) is 14.9. The molecule has 2 heterocycles. The van der Waals surface area contributed by atoms with Gasteiger partial charge < -0.3 is 10.6 Å². The van der Waals surface area contributed by atoms with Crippen molar-refractivity contribution in [3.8, 4) is 0 Å². The summed E-state index contributed by atoms with van der Waals surface area (Å²) < 4.78 is 29.9. The van der Waals surface area contributed by atoms with E-state index in [4.69, 9.17) is 0 Å². The van der Waals surface area contributed by atoms with Crippen LogP contribution in [0.3, 0.4) is 0 Å². The first-order valence-electron chi connectivity index (χ1n) is 11.5. The molecule has 1 saturated carbocycles. The number of sulfonamides is 1. The summed E-state index contributed by atoms with van der Waals surface area (Å²) in [5, 5.41) is 10.3. The van der Waals surface area contributed by atoms with Crippen molar-refractivity contribution in [3.05, 3.63) is 11.4 Å². The lowest BCUT2D eigenvalue weighted by Crippen LogP contribution is -2.47. The molecule has 1 aliphatic heterocycles. The van der Waals surface area contributed by atoms with Gasteiger partial charge in [-0.05, 0) is 60.3 Å². The van der Waals surface area contributed by atoms with Crippen LogP contribution in [-0.2, 0) is 26.2 Å². The number of carbonyl (C=O) groups is 2. The van der Waals surface area contributed by atoms with Crippen LogP contribution < -0.4 is 10.6 Å². The zero-order valence-corrected chi connectivity index (χ0v) is 20.7. The minimum atomic E-state index is -3.83. The van der Waals surface area contributed by atoms with Gasteiger partial charge in [0.2, 0.25) is 21.8 Å². The fourth-order valence-electron chi connectivity index (χ4n) is 4.69. The Morgan fingerprint density at radius 1 is 1.09 bits per heavy atom. The molecule has 0 bridgehead atoms. The van der Waals surface area contributed by atoms with E-state index in [1.54, 1.807) is 13.8 Å². The van der Waals surface area contributed by atoms with Crippen LogP contribution in [0.1, 0.15) is 70.7 Å². The Balaban J connectivity index is 1.74. The highest BCUT2D eigenvalue weighted by atomic mass is 32.2. The highest BCUT2D eigenvalue weighted by Crippen LogP contribution is 2.28. The number of hydrogen-bond acceptors (Lipinski definition) is 5. The van der Waals surface area contributed by atoms with E-state index >= 15 is 0 Å². The molecule has 1 aliphatic carbocycles. The third kappa shape index (κ3) is 5.70. The van der Waals surface area contributed by atoms with Crippen molar-refractivity contribution in [1.82, 2.24) is 24.7 Å². The molecule has 3 rings (SSSR count). The lowest BCUT2D eigenvalue weighted by Gasteiger charge is -2.32. The number of hydrogen-bond donors (Lipinski definition) is 2. The number of rotatable bonds is 6. The molecule has 10 heteroatoms. The predicted molar refractivity (Wildman–Crippen MR) is 121 cm³/mol. The van der Waals surface area contributed by atoms with E-state index < -0.39 is 10.0 Å². The van der Waals surface area contributed by atoms with Gasteiger partial charge in [0.25, 0.3) is 0 Å². The minimum absolute atomic E-state index is 0.0419. The van der Waals surface area contributed by atoms with Crippen LogP contribution in [-0.4, -0.2) is 59.0 Å². The van der Waals surface area contributed by atoms with Crippen LogP contribution in [0.4, 0.5) is 0 Å². The number of amides is 2. The molecule has 0 radical (unpaired) electrons. The molecule has 2 N–H and O–H groups in total. The molecule has 0 spiro atoms. The highest BCUT2D eigenvalue weighted by Gasteiger charge is 2.37. The Kier molecular flexibility index (Phi) is 7.34. The van der Waals surface area contributed by atoms with Gasteiger partial charge in [-0.2, -0.15) is 9.40 Å². The fourth-order valence-corrected chi connectivity index (χ4v) is 6.59. The summed E-state index contributed by atoms with van der Waals surface area (Å²) in [4.78, 5) is 25.2. The first kappa shape index (κ1) is 24.7. The molecule has 1 aromatic heterocycles. The second-order valence-electron chi connectivity index (χ2n) is 10.1. The van der Waals surface area contributed by atoms with Crippen molar-refractivity contribution >= 4 is 21.8 Å². The monoisotopic (exact) mass is 467 g/mol. The van der Waals surface area contributed by atoms with Crippen molar-refractivity contribution in [3.63, 3.8) is 0 Å². The number of nitrogens with one attached hydrogen (secondary N) is 2. The molecule has 0 unspecified atom stereocenters. The molecule has 180 valence electrons. The number of nitrogens with zero attached hydrogens (tertiary/aromatic N) is 3. The average Bonchev–Trinajstić information content (AvgIpc) is 3.28. The van der Waals surface area contributed by atoms with Crippen LogP contribution in [0.15, 0.2) is 4.90 Å². The molecule has 32 heavy (non-hydrogen) atoms. The maximum absolute atomic E-state index is 13.5. The first-order valence-corrected chi connectivity index (χ1v) is 13.0. The van der Waals surface area contributed by atoms with E-state index in [-0.39, 0.29) is 47.3 Å². The maximum Gasteiger partial charge on any atom is 0.246 e. The standard InChI is InChI=1S/C22H37N5O4S/c1-15-20(16(2)27(25-15)14-19(28)24-22(3,4)5)32(30,31)26-12-8-9-17(13-26)21(29)23-18-10-6-7-11-18/h17-18H,6-14H2,1-5H3,(H,23,29)(H,24,28)/t17-/m1/s1. The Morgan fingerprint density at radius 3 is 2.38 bits per heavy atom. The summed E-state index contributed by atoms with van der Waals surface area (Å²) in [7, 11) is -3.83. The SMILES string of the molecule is Cc1nn(CC(=O)NC(C)(C)C)c(C)c1S(=O)(=O)N1CCC[C@@H](C(=O)NC2CCCC2)C1. The van der Waals surface area contributed by atoms with Gasteiger partial charge in [-0.15, -0.1) is 0 Å². The lowest BCUT2D eigenvalue weighted by molar-refractivity contribution is -0.127. The Morgan fingerprint density at radius 2 is 1.75 bits per heavy atom. The Bertz CT molecular complexity index is 958. The molecule has 2 fully saturated rings. The smallest absolute Gasteiger partial charge is 0.246 e. The van der Waals surface area contributed by atoms with Crippen molar-refractivity contribution in [2.75, 3.05) is 13.1 Å². The largest absolute Gasteiger partial charge is 0.353 e. The van der Waals surface area contributed by atoms with Gasteiger partial charge in [0.15, 0.2) is 0 Å². The molecular weight excluding hydrogens is 430 g/mol. The van der Waals surface area contributed by atoms with Crippen LogP contribution in [0.25, 0.3) is 0 Å². The summed E-state index contributed by atoms with van der Waals surface area (Å²) in [6, 6.07) is 0.219. The normalized spacial score (nSPS) is 21.0. The minimum Gasteiger partial charge on any atom is -0.353 e. The van der Waals surface area contributed by atoms with Gasteiger partial charge in [-0.3, -0.25) is 14.3 Å². The average molecular weight is 468 g/mol. The van der Waals surface area contributed by atoms with Crippen LogP contribution in [0.5, 0.6) is 0 Å². The zero-order chi connectivity index (χ0) is 23.7. The lowest BCUT2D eigenvalue weighted by atomic mass is 9.98. The number of piperidine rings is 1.